The Morgan fingerprint density at radius 1 is 1.50 bits per heavy atom. The summed E-state index contributed by atoms with van der Waals surface area (Å²) >= 11 is 1.65. The second kappa shape index (κ2) is 4.70. The fraction of sp³-hybridized carbons (Fsp3) is 0.333. The summed E-state index contributed by atoms with van der Waals surface area (Å²) in [4.78, 5) is 19.2. The van der Waals surface area contributed by atoms with Gasteiger partial charge < -0.3 is 4.98 Å². The van der Waals surface area contributed by atoms with Gasteiger partial charge in [0.25, 0.3) is 0 Å². The summed E-state index contributed by atoms with van der Waals surface area (Å²) in [5.41, 5.74) is 2.61. The number of Topliss-reactive ketones (excluding diaryl/α,β-unsaturated/α-hetero) is 1. The van der Waals surface area contributed by atoms with Crippen molar-refractivity contribution in [3.05, 3.63) is 29.6 Å². The summed E-state index contributed by atoms with van der Waals surface area (Å²) in [7, 11) is 0. The van der Waals surface area contributed by atoms with E-state index in [-0.39, 0.29) is 5.78 Å². The van der Waals surface area contributed by atoms with E-state index in [2.05, 4.69) is 16.9 Å². The molecule has 0 fully saturated rings. The maximum atomic E-state index is 11.8. The molecule has 1 aromatic carbocycles. The first-order valence-corrected chi connectivity index (χ1v) is 6.43. The summed E-state index contributed by atoms with van der Waals surface area (Å²) in [6, 6.07) is 5.62. The van der Waals surface area contributed by atoms with Crippen LogP contribution in [0.3, 0.4) is 0 Å². The van der Waals surface area contributed by atoms with Crippen molar-refractivity contribution in [2.75, 3.05) is 11.5 Å². The van der Waals surface area contributed by atoms with Crippen LogP contribution < -0.4 is 0 Å². The van der Waals surface area contributed by atoms with Gasteiger partial charge in [-0.15, -0.1) is 0 Å². The topological polar surface area (TPSA) is 45.8 Å². The molecule has 0 saturated heterocycles. The third-order valence-electron chi connectivity index (χ3n) is 2.36. The van der Waals surface area contributed by atoms with E-state index in [0.717, 1.165) is 28.2 Å². The maximum absolute atomic E-state index is 11.8. The molecule has 1 aromatic heterocycles. The van der Waals surface area contributed by atoms with Crippen molar-refractivity contribution in [1.82, 2.24) is 9.97 Å². The van der Waals surface area contributed by atoms with Crippen LogP contribution in [-0.4, -0.2) is 27.3 Å². The molecule has 2 rings (SSSR count). The average Bonchev–Trinajstić information content (AvgIpc) is 2.64. The molecule has 0 aliphatic rings. The van der Waals surface area contributed by atoms with E-state index in [1.54, 1.807) is 11.8 Å². The number of thioether (sulfide) groups is 1. The SMILES string of the molecule is CCSCC(=O)c1ccc2nc(C)[nH]c2c1. The monoisotopic (exact) mass is 234 g/mol. The zero-order chi connectivity index (χ0) is 11.5. The van der Waals surface area contributed by atoms with Gasteiger partial charge in [0.15, 0.2) is 5.78 Å². The van der Waals surface area contributed by atoms with Crippen molar-refractivity contribution in [3.63, 3.8) is 0 Å². The van der Waals surface area contributed by atoms with Crippen LogP contribution >= 0.6 is 11.8 Å². The Kier molecular flexibility index (Phi) is 3.29. The number of nitrogens with zero attached hydrogens (tertiary/aromatic N) is 1. The molecule has 0 unspecified atom stereocenters. The van der Waals surface area contributed by atoms with Crippen molar-refractivity contribution < 1.29 is 4.79 Å². The predicted octanol–water partition coefficient (Wildman–Crippen LogP) is 2.81. The number of hydrogen-bond acceptors (Lipinski definition) is 3. The molecule has 0 aliphatic heterocycles. The molecule has 1 heterocycles. The Bertz CT molecular complexity index is 519. The van der Waals surface area contributed by atoms with Gasteiger partial charge in [0.2, 0.25) is 0 Å². The predicted molar refractivity (Wildman–Crippen MR) is 68.2 cm³/mol. The molecule has 3 nitrogen and oxygen atoms in total. The number of aromatic nitrogens is 2. The first-order chi connectivity index (χ1) is 7.70. The van der Waals surface area contributed by atoms with Gasteiger partial charge >= 0.3 is 0 Å². The molecule has 0 radical (unpaired) electrons. The highest BCUT2D eigenvalue weighted by Gasteiger charge is 2.07. The molecule has 4 heteroatoms. The molecule has 0 saturated carbocycles. The van der Waals surface area contributed by atoms with Crippen LogP contribution in [0.4, 0.5) is 0 Å². The van der Waals surface area contributed by atoms with Gasteiger partial charge in [-0.05, 0) is 30.9 Å². The lowest BCUT2D eigenvalue weighted by Gasteiger charge is -1.99. The van der Waals surface area contributed by atoms with Crippen molar-refractivity contribution in [2.45, 2.75) is 13.8 Å². The fourth-order valence-electron chi connectivity index (χ4n) is 1.59. The van der Waals surface area contributed by atoms with E-state index in [4.69, 9.17) is 0 Å². The number of carbonyl (C=O) groups excluding carboxylic acids is 1. The quantitative estimate of drug-likeness (QED) is 0.827. The van der Waals surface area contributed by atoms with E-state index >= 15 is 0 Å². The number of aryl methyl sites for hydroxylation is 1. The number of hydrogen-bond donors (Lipinski definition) is 1. The minimum atomic E-state index is 0.181. The van der Waals surface area contributed by atoms with Crippen LogP contribution in [0, 0.1) is 6.92 Å². The summed E-state index contributed by atoms with van der Waals surface area (Å²) in [6.07, 6.45) is 0. The molecule has 0 bridgehead atoms. The highest BCUT2D eigenvalue weighted by molar-refractivity contribution is 7.99. The third kappa shape index (κ3) is 2.27. The molecular weight excluding hydrogens is 220 g/mol. The molecule has 0 atom stereocenters. The van der Waals surface area contributed by atoms with Crippen LogP contribution in [0.2, 0.25) is 0 Å². The smallest absolute Gasteiger partial charge is 0.172 e. The lowest BCUT2D eigenvalue weighted by molar-refractivity contribution is 0.102. The molecule has 1 N–H and O–H groups in total. The van der Waals surface area contributed by atoms with Gasteiger partial charge in [-0.2, -0.15) is 11.8 Å². The highest BCUT2D eigenvalue weighted by Crippen LogP contribution is 2.15. The third-order valence-corrected chi connectivity index (χ3v) is 3.23. The Balaban J connectivity index is 2.28. The number of carbonyl (C=O) groups is 1. The highest BCUT2D eigenvalue weighted by atomic mass is 32.2. The van der Waals surface area contributed by atoms with Gasteiger partial charge in [-0.1, -0.05) is 6.92 Å². The Morgan fingerprint density at radius 3 is 3.06 bits per heavy atom. The number of imidazole rings is 1. The minimum absolute atomic E-state index is 0.181. The number of fused-ring (bicyclic) bond motifs is 1. The van der Waals surface area contributed by atoms with E-state index in [0.29, 0.717) is 5.75 Å². The average molecular weight is 234 g/mol. The van der Waals surface area contributed by atoms with Gasteiger partial charge in [-0.3, -0.25) is 4.79 Å². The van der Waals surface area contributed by atoms with Crippen molar-refractivity contribution in [2.24, 2.45) is 0 Å². The van der Waals surface area contributed by atoms with Crippen molar-refractivity contribution in [3.8, 4) is 0 Å². The van der Waals surface area contributed by atoms with Crippen LogP contribution in [0.5, 0.6) is 0 Å². The van der Waals surface area contributed by atoms with E-state index in [9.17, 15) is 4.79 Å². The lowest BCUT2D eigenvalue weighted by Crippen LogP contribution is -2.02. The zero-order valence-corrected chi connectivity index (χ0v) is 10.2. The van der Waals surface area contributed by atoms with Crippen LogP contribution in [0.15, 0.2) is 18.2 Å². The zero-order valence-electron chi connectivity index (χ0n) is 9.41. The normalized spacial score (nSPS) is 10.9. The largest absolute Gasteiger partial charge is 0.342 e. The van der Waals surface area contributed by atoms with E-state index in [1.165, 1.54) is 0 Å². The second-order valence-electron chi connectivity index (χ2n) is 3.61. The van der Waals surface area contributed by atoms with E-state index < -0.39 is 0 Å². The number of aromatic amines is 1. The molecule has 16 heavy (non-hydrogen) atoms. The van der Waals surface area contributed by atoms with Crippen LogP contribution in [0.25, 0.3) is 11.0 Å². The summed E-state index contributed by atoms with van der Waals surface area (Å²) < 4.78 is 0. The minimum Gasteiger partial charge on any atom is -0.342 e. The number of H-pyrrole nitrogens is 1. The Morgan fingerprint density at radius 2 is 2.31 bits per heavy atom. The molecule has 0 amide bonds. The molecular formula is C12H14N2OS. The molecule has 0 spiro atoms. The van der Waals surface area contributed by atoms with Gasteiger partial charge in [0, 0.05) is 5.56 Å². The Hall–Kier alpha value is -1.29. The number of nitrogens with one attached hydrogen (secondary N) is 1. The fourth-order valence-corrected chi connectivity index (χ4v) is 2.14. The van der Waals surface area contributed by atoms with Crippen LogP contribution in [-0.2, 0) is 0 Å². The number of ketones is 1. The molecule has 2 aromatic rings. The first-order valence-electron chi connectivity index (χ1n) is 5.28. The lowest BCUT2D eigenvalue weighted by atomic mass is 10.1. The van der Waals surface area contributed by atoms with Gasteiger partial charge in [-0.25, -0.2) is 4.98 Å². The van der Waals surface area contributed by atoms with E-state index in [1.807, 2.05) is 25.1 Å². The Labute approximate surface area is 98.7 Å². The first kappa shape index (κ1) is 11.2. The molecule has 0 aliphatic carbocycles. The number of benzene rings is 1. The second-order valence-corrected chi connectivity index (χ2v) is 4.89. The maximum Gasteiger partial charge on any atom is 0.172 e. The van der Waals surface area contributed by atoms with Crippen molar-refractivity contribution >= 4 is 28.6 Å². The summed E-state index contributed by atoms with van der Waals surface area (Å²) in [6.45, 7) is 3.97. The van der Waals surface area contributed by atoms with Gasteiger partial charge in [0.05, 0.1) is 16.8 Å². The molecule has 84 valence electrons. The van der Waals surface area contributed by atoms with Gasteiger partial charge in [0.1, 0.15) is 5.82 Å². The van der Waals surface area contributed by atoms with Crippen LogP contribution in [0.1, 0.15) is 23.1 Å². The summed E-state index contributed by atoms with van der Waals surface area (Å²) in [5, 5.41) is 0. The number of rotatable bonds is 4. The summed E-state index contributed by atoms with van der Waals surface area (Å²) in [5.74, 6) is 2.58. The van der Waals surface area contributed by atoms with Crippen molar-refractivity contribution in [1.29, 1.82) is 0 Å². The standard InChI is InChI=1S/C12H14N2OS/c1-3-16-7-12(15)9-4-5-10-11(6-9)14-8(2)13-10/h4-6H,3,7H2,1-2H3,(H,13,14).